The van der Waals surface area contributed by atoms with E-state index in [1.54, 1.807) is 0 Å². The van der Waals surface area contributed by atoms with Crippen molar-refractivity contribution < 1.29 is 28.7 Å². The van der Waals surface area contributed by atoms with Crippen LogP contribution in [0.15, 0.2) is 49.6 Å². The van der Waals surface area contributed by atoms with Crippen molar-refractivity contribution in [2.24, 2.45) is 0 Å². The van der Waals surface area contributed by atoms with Crippen LogP contribution in [0.25, 0.3) is 0 Å². The van der Waals surface area contributed by atoms with Gasteiger partial charge in [-0.1, -0.05) is 13.2 Å². The molecule has 0 aromatic heterocycles. The van der Waals surface area contributed by atoms with Gasteiger partial charge in [0.2, 0.25) is 0 Å². The summed E-state index contributed by atoms with van der Waals surface area (Å²) in [5.74, 6) is -3.51. The largest absolute Gasteiger partial charge is 0.386 e. The molecule has 6 heteroatoms. The molecule has 0 saturated carbocycles. The van der Waals surface area contributed by atoms with Gasteiger partial charge in [0.25, 0.3) is 0 Å². The molecule has 0 N–H and O–H groups in total. The summed E-state index contributed by atoms with van der Waals surface area (Å²) in [5.41, 5.74) is 0.124. The lowest BCUT2D eigenvalue weighted by molar-refractivity contribution is -0.133. The Balaban J connectivity index is 2.78. The van der Waals surface area contributed by atoms with Crippen molar-refractivity contribution in [3.63, 3.8) is 0 Å². The fourth-order valence-electron chi connectivity index (χ4n) is 1.13. The standard InChI is InChI=1S/C14H10O6/c1-3-11(15)19-13(17)9-5-7-10(8-6-9)14(18)20-12(16)4-2/h3-8H,1-2H2. The van der Waals surface area contributed by atoms with E-state index in [9.17, 15) is 19.2 Å². The zero-order valence-electron chi connectivity index (χ0n) is 10.3. The number of esters is 4. The van der Waals surface area contributed by atoms with Gasteiger partial charge in [0.1, 0.15) is 0 Å². The summed E-state index contributed by atoms with van der Waals surface area (Å²) in [6, 6.07) is 5.03. The van der Waals surface area contributed by atoms with E-state index in [1.807, 2.05) is 0 Å². The Hall–Kier alpha value is -3.02. The van der Waals surface area contributed by atoms with Crippen molar-refractivity contribution in [2.75, 3.05) is 0 Å². The van der Waals surface area contributed by atoms with E-state index < -0.39 is 23.9 Å². The fourth-order valence-corrected chi connectivity index (χ4v) is 1.13. The lowest BCUT2D eigenvalue weighted by Gasteiger charge is -2.02. The highest BCUT2D eigenvalue weighted by Crippen LogP contribution is 2.08. The number of hydrogen-bond donors (Lipinski definition) is 0. The molecule has 0 heterocycles. The average Bonchev–Trinajstić information content (AvgIpc) is 2.46. The van der Waals surface area contributed by atoms with Crippen LogP contribution in [0.2, 0.25) is 0 Å². The molecule has 0 aliphatic rings. The molecule has 0 bridgehead atoms. The first-order chi connectivity index (χ1) is 9.47. The van der Waals surface area contributed by atoms with Gasteiger partial charge in [-0.05, 0) is 24.3 Å². The Kier molecular flexibility index (Phi) is 5.11. The Morgan fingerprint density at radius 2 is 1.05 bits per heavy atom. The normalized spacial score (nSPS) is 9.20. The van der Waals surface area contributed by atoms with Crippen LogP contribution in [0.3, 0.4) is 0 Å². The summed E-state index contributed by atoms with van der Waals surface area (Å²) in [7, 11) is 0. The Morgan fingerprint density at radius 3 is 1.30 bits per heavy atom. The second-order valence-electron chi connectivity index (χ2n) is 3.40. The minimum Gasteiger partial charge on any atom is -0.386 e. The molecule has 0 aliphatic heterocycles. The van der Waals surface area contributed by atoms with E-state index in [4.69, 9.17) is 0 Å². The molecule has 1 rings (SSSR count). The van der Waals surface area contributed by atoms with E-state index in [1.165, 1.54) is 24.3 Å². The molecule has 0 radical (unpaired) electrons. The van der Waals surface area contributed by atoms with E-state index in [0.717, 1.165) is 12.2 Å². The van der Waals surface area contributed by atoms with Crippen molar-refractivity contribution in [2.45, 2.75) is 0 Å². The molecule has 0 saturated heterocycles. The number of ether oxygens (including phenoxy) is 2. The molecular weight excluding hydrogens is 264 g/mol. The van der Waals surface area contributed by atoms with Crippen molar-refractivity contribution in [1.82, 2.24) is 0 Å². The van der Waals surface area contributed by atoms with Gasteiger partial charge in [-0.15, -0.1) is 0 Å². The quantitative estimate of drug-likeness (QED) is 0.469. The molecule has 0 unspecified atom stereocenters. The molecule has 0 amide bonds. The van der Waals surface area contributed by atoms with Gasteiger partial charge in [0.15, 0.2) is 0 Å². The molecular formula is C14H10O6. The van der Waals surface area contributed by atoms with E-state index in [-0.39, 0.29) is 11.1 Å². The van der Waals surface area contributed by atoms with Gasteiger partial charge in [0, 0.05) is 12.2 Å². The summed E-state index contributed by atoms with van der Waals surface area (Å²) < 4.78 is 8.78. The predicted octanol–water partition coefficient (Wildman–Crippen LogP) is 1.43. The van der Waals surface area contributed by atoms with E-state index in [2.05, 4.69) is 22.6 Å². The maximum atomic E-state index is 11.4. The number of carbonyl (C=O) groups excluding carboxylic acids is 4. The second-order valence-corrected chi connectivity index (χ2v) is 3.40. The minimum atomic E-state index is -0.880. The highest BCUT2D eigenvalue weighted by Gasteiger charge is 2.14. The second kappa shape index (κ2) is 6.79. The van der Waals surface area contributed by atoms with Gasteiger partial charge < -0.3 is 9.47 Å². The Labute approximate surface area is 114 Å². The highest BCUT2D eigenvalue weighted by molar-refractivity contribution is 6.02. The minimum absolute atomic E-state index is 0.0618. The maximum Gasteiger partial charge on any atom is 0.346 e. The number of hydrogen-bond acceptors (Lipinski definition) is 6. The summed E-state index contributed by atoms with van der Waals surface area (Å²) in [5, 5.41) is 0. The van der Waals surface area contributed by atoms with E-state index >= 15 is 0 Å². The Bertz CT molecular complexity index is 529. The van der Waals surface area contributed by atoms with Gasteiger partial charge >= 0.3 is 23.9 Å². The third kappa shape index (κ3) is 4.02. The summed E-state index contributed by atoms with van der Waals surface area (Å²) in [6.45, 7) is 6.30. The van der Waals surface area contributed by atoms with Crippen molar-refractivity contribution in [3.8, 4) is 0 Å². The Morgan fingerprint density at radius 1 is 0.750 bits per heavy atom. The lowest BCUT2D eigenvalue weighted by atomic mass is 10.1. The summed E-state index contributed by atoms with van der Waals surface area (Å²) in [6.07, 6.45) is 1.70. The first-order valence-electron chi connectivity index (χ1n) is 5.35. The van der Waals surface area contributed by atoms with Crippen molar-refractivity contribution in [1.29, 1.82) is 0 Å². The first kappa shape index (κ1) is 15.0. The average molecular weight is 274 g/mol. The third-order valence-electron chi connectivity index (χ3n) is 2.08. The van der Waals surface area contributed by atoms with E-state index in [0.29, 0.717) is 0 Å². The van der Waals surface area contributed by atoms with Crippen molar-refractivity contribution >= 4 is 23.9 Å². The van der Waals surface area contributed by atoms with Crippen LogP contribution in [0, 0.1) is 0 Å². The van der Waals surface area contributed by atoms with Crippen LogP contribution in [0.1, 0.15) is 20.7 Å². The van der Waals surface area contributed by atoms with Gasteiger partial charge in [-0.25, -0.2) is 19.2 Å². The van der Waals surface area contributed by atoms with Gasteiger partial charge in [0.05, 0.1) is 11.1 Å². The topological polar surface area (TPSA) is 86.7 Å². The molecule has 1 aromatic rings. The van der Waals surface area contributed by atoms with Crippen LogP contribution in [0.4, 0.5) is 0 Å². The van der Waals surface area contributed by atoms with Gasteiger partial charge in [-0.3, -0.25) is 0 Å². The van der Waals surface area contributed by atoms with Crippen LogP contribution >= 0.6 is 0 Å². The molecule has 102 valence electrons. The highest BCUT2D eigenvalue weighted by atomic mass is 16.6. The summed E-state index contributed by atoms with van der Waals surface area (Å²) in [4.78, 5) is 44.6. The molecule has 0 atom stereocenters. The van der Waals surface area contributed by atoms with Crippen LogP contribution in [-0.4, -0.2) is 23.9 Å². The molecule has 0 aliphatic carbocycles. The monoisotopic (exact) mass is 274 g/mol. The number of rotatable bonds is 4. The van der Waals surface area contributed by atoms with Crippen LogP contribution < -0.4 is 0 Å². The summed E-state index contributed by atoms with van der Waals surface area (Å²) >= 11 is 0. The lowest BCUT2D eigenvalue weighted by Crippen LogP contribution is -2.12. The first-order valence-corrected chi connectivity index (χ1v) is 5.35. The van der Waals surface area contributed by atoms with Crippen LogP contribution in [0.5, 0.6) is 0 Å². The number of carbonyl (C=O) groups is 4. The predicted molar refractivity (Wildman–Crippen MR) is 67.7 cm³/mol. The molecule has 0 fully saturated rings. The maximum absolute atomic E-state index is 11.4. The van der Waals surface area contributed by atoms with Gasteiger partial charge in [-0.2, -0.15) is 0 Å². The zero-order chi connectivity index (χ0) is 15.1. The fraction of sp³-hybridized carbons (Fsp3) is 0. The third-order valence-corrected chi connectivity index (χ3v) is 2.08. The van der Waals surface area contributed by atoms with Crippen LogP contribution in [-0.2, 0) is 19.1 Å². The molecule has 20 heavy (non-hydrogen) atoms. The molecule has 6 nitrogen and oxygen atoms in total. The zero-order valence-corrected chi connectivity index (χ0v) is 10.3. The SMILES string of the molecule is C=CC(=O)OC(=O)c1ccc(C(=O)OC(=O)C=C)cc1. The molecule has 0 spiro atoms. The smallest absolute Gasteiger partial charge is 0.346 e. The molecule has 1 aromatic carbocycles. The van der Waals surface area contributed by atoms with Crippen molar-refractivity contribution in [3.05, 3.63) is 60.7 Å². The number of benzene rings is 1.